The lowest BCUT2D eigenvalue weighted by Gasteiger charge is -2.33. The molecule has 5 rings (SSSR count). The van der Waals surface area contributed by atoms with Crippen LogP contribution in [0.25, 0.3) is 11.1 Å². The molecule has 0 unspecified atom stereocenters. The highest BCUT2D eigenvalue weighted by Crippen LogP contribution is 2.38. The second-order valence-electron chi connectivity index (χ2n) is 10.8. The van der Waals surface area contributed by atoms with Crippen LogP contribution >= 0.6 is 0 Å². The van der Waals surface area contributed by atoms with E-state index in [0.29, 0.717) is 32.7 Å². The summed E-state index contributed by atoms with van der Waals surface area (Å²) < 4.78 is 18.2. The monoisotopic (exact) mass is 543 g/mol. The number of hydrogen-bond acceptors (Lipinski definition) is 6. The molecule has 0 saturated carbocycles. The summed E-state index contributed by atoms with van der Waals surface area (Å²) in [4.78, 5) is 24.7. The highest BCUT2D eigenvalue weighted by atomic mass is 16.5. The lowest BCUT2D eigenvalue weighted by Crippen LogP contribution is -2.45. The number of carbonyl (C=O) groups excluding carboxylic acids is 2. The molecule has 1 N–H and O–H groups in total. The summed E-state index contributed by atoms with van der Waals surface area (Å²) in [6.45, 7) is 7.87. The molecule has 3 aromatic rings. The molecule has 7 heteroatoms. The first-order chi connectivity index (χ1) is 19.3. The van der Waals surface area contributed by atoms with Crippen molar-refractivity contribution in [3.8, 4) is 28.4 Å². The van der Waals surface area contributed by atoms with Crippen LogP contribution in [0.3, 0.4) is 0 Å². The number of amides is 1. The Kier molecular flexibility index (Phi) is 8.40. The number of aliphatic hydroxyl groups is 1. The Morgan fingerprint density at radius 3 is 2.52 bits per heavy atom. The van der Waals surface area contributed by atoms with Crippen LogP contribution in [0.5, 0.6) is 17.2 Å². The minimum absolute atomic E-state index is 0.0451. The summed E-state index contributed by atoms with van der Waals surface area (Å²) in [7, 11) is 0. The minimum atomic E-state index is -0.961. The van der Waals surface area contributed by atoms with Crippen LogP contribution < -0.4 is 14.2 Å². The summed E-state index contributed by atoms with van der Waals surface area (Å²) in [6.07, 6.45) is 1.99. The summed E-state index contributed by atoms with van der Waals surface area (Å²) >= 11 is 0. The minimum Gasteiger partial charge on any atom is -0.492 e. The van der Waals surface area contributed by atoms with Gasteiger partial charge in [0.25, 0.3) is 5.91 Å². The molecule has 0 spiro atoms. The number of ether oxygens (including phenoxy) is 3. The second-order valence-corrected chi connectivity index (χ2v) is 10.8. The van der Waals surface area contributed by atoms with Gasteiger partial charge in [-0.25, -0.2) is 0 Å². The van der Waals surface area contributed by atoms with Crippen molar-refractivity contribution in [1.29, 1.82) is 0 Å². The fourth-order valence-electron chi connectivity index (χ4n) is 5.74. The number of piperidine rings is 1. The van der Waals surface area contributed by atoms with Crippen LogP contribution in [0, 0.1) is 13.8 Å². The Balaban J connectivity index is 1.23. The summed E-state index contributed by atoms with van der Waals surface area (Å²) in [6, 6.07) is 18.4. The molecule has 2 atom stereocenters. The van der Waals surface area contributed by atoms with Crippen molar-refractivity contribution < 1.29 is 28.9 Å². The Morgan fingerprint density at radius 1 is 1.07 bits per heavy atom. The molecule has 210 valence electrons. The third-order valence-electron chi connectivity index (χ3n) is 7.79. The van der Waals surface area contributed by atoms with Crippen molar-refractivity contribution in [3.05, 3.63) is 76.9 Å². The Morgan fingerprint density at radius 2 is 1.82 bits per heavy atom. The van der Waals surface area contributed by atoms with Crippen molar-refractivity contribution in [2.24, 2.45) is 0 Å². The predicted molar refractivity (Wildman–Crippen MR) is 153 cm³/mol. The van der Waals surface area contributed by atoms with Crippen molar-refractivity contribution in [1.82, 2.24) is 4.90 Å². The van der Waals surface area contributed by atoms with Crippen LogP contribution in [-0.4, -0.2) is 54.1 Å². The molecule has 1 amide bonds. The van der Waals surface area contributed by atoms with Gasteiger partial charge in [-0.3, -0.25) is 4.79 Å². The van der Waals surface area contributed by atoms with E-state index in [2.05, 4.69) is 50.2 Å². The van der Waals surface area contributed by atoms with Gasteiger partial charge in [-0.1, -0.05) is 24.3 Å². The van der Waals surface area contributed by atoms with E-state index in [4.69, 9.17) is 14.2 Å². The number of aryl methyl sites for hydroxylation is 2. The number of fused-ring (bicyclic) bond motifs is 1. The van der Waals surface area contributed by atoms with Gasteiger partial charge in [0.1, 0.15) is 42.3 Å². The average molecular weight is 544 g/mol. The maximum atomic E-state index is 12.0. The molecule has 0 aliphatic carbocycles. The second kappa shape index (κ2) is 12.1. The van der Waals surface area contributed by atoms with Crippen molar-refractivity contribution >= 4 is 12.2 Å². The molecular weight excluding hydrogens is 506 g/mol. The lowest BCUT2D eigenvalue weighted by molar-refractivity contribution is -0.141. The molecule has 0 radical (unpaired) electrons. The van der Waals surface area contributed by atoms with E-state index in [-0.39, 0.29) is 17.9 Å². The molecule has 0 aromatic heterocycles. The average Bonchev–Trinajstić information content (AvgIpc) is 3.34. The molecule has 7 nitrogen and oxygen atoms in total. The van der Waals surface area contributed by atoms with Gasteiger partial charge in [-0.2, -0.15) is 0 Å². The largest absolute Gasteiger partial charge is 0.492 e. The first-order valence-corrected chi connectivity index (χ1v) is 14.0. The van der Waals surface area contributed by atoms with Crippen LogP contribution in [-0.2, 0) is 16.2 Å². The number of likely N-dealkylation sites (tertiary alicyclic amines) is 1. The fraction of sp³-hybridized carbons (Fsp3) is 0.394. The molecule has 3 aromatic carbocycles. The highest BCUT2D eigenvalue weighted by molar-refractivity contribution is 5.80. The van der Waals surface area contributed by atoms with Crippen LogP contribution in [0.4, 0.5) is 0 Å². The zero-order chi connectivity index (χ0) is 28.2. The van der Waals surface area contributed by atoms with Gasteiger partial charge in [-0.05, 0) is 72.9 Å². The van der Waals surface area contributed by atoms with Gasteiger partial charge in [0.15, 0.2) is 0 Å². The zero-order valence-electron chi connectivity index (χ0n) is 23.4. The third-order valence-corrected chi connectivity index (χ3v) is 7.79. The van der Waals surface area contributed by atoms with E-state index in [9.17, 15) is 14.7 Å². The first-order valence-electron chi connectivity index (χ1n) is 14.0. The summed E-state index contributed by atoms with van der Waals surface area (Å²) in [5.41, 5.74) is 6.71. The standard InChI is InChI=1S/C33H37NO6/c1-21-15-29(40-27-9-12-34(13-10-27)33(37)23(3)36)16-22(2)32(21)25-6-4-5-24(17-25)19-38-28-7-8-30-26(11-14-35)20-39-31(30)18-28/h4-8,14-18,23,26-27,36H,9-13,19-20H2,1-3H3/t23-,26+/m0/s1. The normalized spacial score (nSPS) is 17.6. The maximum absolute atomic E-state index is 12.0. The van der Waals surface area contributed by atoms with Crippen LogP contribution in [0.2, 0.25) is 0 Å². The molecule has 40 heavy (non-hydrogen) atoms. The van der Waals surface area contributed by atoms with Gasteiger partial charge in [0, 0.05) is 49.9 Å². The molecular formula is C33H37NO6. The van der Waals surface area contributed by atoms with E-state index in [1.807, 2.05) is 18.2 Å². The van der Waals surface area contributed by atoms with E-state index < -0.39 is 6.10 Å². The number of hydrogen-bond donors (Lipinski definition) is 1. The topological polar surface area (TPSA) is 85.3 Å². The number of rotatable bonds is 9. The lowest BCUT2D eigenvalue weighted by atomic mass is 9.94. The summed E-state index contributed by atoms with van der Waals surface area (Å²) in [5, 5.41) is 9.57. The van der Waals surface area contributed by atoms with Gasteiger partial charge in [0.2, 0.25) is 0 Å². The van der Waals surface area contributed by atoms with Crippen LogP contribution in [0.15, 0.2) is 54.6 Å². The van der Waals surface area contributed by atoms with E-state index in [1.165, 1.54) is 12.5 Å². The summed E-state index contributed by atoms with van der Waals surface area (Å²) in [5.74, 6) is 2.29. The number of benzene rings is 3. The van der Waals surface area contributed by atoms with E-state index in [1.54, 1.807) is 4.90 Å². The molecule has 1 saturated heterocycles. The van der Waals surface area contributed by atoms with Crippen molar-refractivity contribution in [2.45, 2.75) is 64.8 Å². The number of aliphatic hydroxyl groups excluding tert-OH is 1. The Bertz CT molecular complexity index is 1350. The Hall–Kier alpha value is -3.84. The van der Waals surface area contributed by atoms with Crippen molar-refractivity contribution in [2.75, 3.05) is 19.7 Å². The molecule has 2 heterocycles. The number of aldehydes is 1. The number of carbonyl (C=O) groups is 2. The molecule has 2 aliphatic heterocycles. The zero-order valence-corrected chi connectivity index (χ0v) is 23.4. The van der Waals surface area contributed by atoms with Gasteiger partial charge >= 0.3 is 0 Å². The molecule has 2 aliphatic rings. The SMILES string of the molecule is Cc1cc(OC2CCN(C(=O)[C@H](C)O)CC2)cc(C)c1-c1cccc(COc2ccc3c(c2)OC[C@H]3CC=O)c1. The van der Waals surface area contributed by atoms with E-state index >= 15 is 0 Å². The van der Waals surface area contributed by atoms with Crippen molar-refractivity contribution in [3.63, 3.8) is 0 Å². The quantitative estimate of drug-likeness (QED) is 0.366. The maximum Gasteiger partial charge on any atom is 0.251 e. The smallest absolute Gasteiger partial charge is 0.251 e. The van der Waals surface area contributed by atoms with Gasteiger partial charge < -0.3 is 29.0 Å². The van der Waals surface area contributed by atoms with E-state index in [0.717, 1.165) is 64.2 Å². The predicted octanol–water partition coefficient (Wildman–Crippen LogP) is 5.37. The van der Waals surface area contributed by atoms with Crippen LogP contribution in [0.1, 0.15) is 54.4 Å². The number of nitrogens with zero attached hydrogens (tertiary/aromatic N) is 1. The molecule has 1 fully saturated rings. The fourth-order valence-corrected chi connectivity index (χ4v) is 5.74. The highest BCUT2D eigenvalue weighted by Gasteiger charge is 2.26. The molecule has 0 bridgehead atoms. The first kappa shape index (κ1) is 27.7. The third kappa shape index (κ3) is 6.15. The Labute approximate surface area is 235 Å². The van der Waals surface area contributed by atoms with Gasteiger partial charge in [-0.15, -0.1) is 0 Å². The van der Waals surface area contributed by atoms with Gasteiger partial charge in [0.05, 0.1) is 6.61 Å².